The number of amides is 1. The van der Waals surface area contributed by atoms with E-state index in [4.69, 9.17) is 4.74 Å². The van der Waals surface area contributed by atoms with Gasteiger partial charge in [-0.25, -0.2) is 0 Å². The number of hydrogen-bond donors (Lipinski definition) is 1. The molecule has 1 aliphatic heterocycles. The predicted molar refractivity (Wildman–Crippen MR) is 76.2 cm³/mol. The van der Waals surface area contributed by atoms with Gasteiger partial charge in [-0.05, 0) is 32.6 Å². The van der Waals surface area contributed by atoms with Crippen molar-refractivity contribution in [2.45, 2.75) is 64.1 Å². The number of ether oxygens (including phenoxy) is 1. The van der Waals surface area contributed by atoms with Crippen LogP contribution < -0.4 is 0 Å². The normalized spacial score (nSPS) is 33.4. The minimum absolute atomic E-state index is 0.0670. The average molecular weight is 281 g/mol. The van der Waals surface area contributed by atoms with Crippen molar-refractivity contribution in [2.24, 2.45) is 11.3 Å². The fraction of sp³-hybridized carbons (Fsp3) is 0.938. The van der Waals surface area contributed by atoms with E-state index in [0.29, 0.717) is 12.5 Å². The van der Waals surface area contributed by atoms with Crippen LogP contribution in [0, 0.1) is 11.3 Å². The lowest BCUT2D eigenvalue weighted by Crippen LogP contribution is -2.63. The molecule has 1 amide bonds. The lowest BCUT2D eigenvalue weighted by atomic mass is 9.58. The number of piperidine rings is 1. The minimum atomic E-state index is -0.234. The fourth-order valence-corrected chi connectivity index (χ4v) is 4.39. The van der Waals surface area contributed by atoms with Gasteiger partial charge in [-0.15, -0.1) is 0 Å². The maximum absolute atomic E-state index is 12.4. The molecule has 1 N–H and O–H groups in total. The van der Waals surface area contributed by atoms with Crippen LogP contribution in [0.4, 0.5) is 0 Å². The van der Waals surface area contributed by atoms with Crippen molar-refractivity contribution in [3.63, 3.8) is 0 Å². The quantitative estimate of drug-likeness (QED) is 0.860. The van der Waals surface area contributed by atoms with E-state index in [1.165, 1.54) is 12.8 Å². The van der Waals surface area contributed by atoms with Gasteiger partial charge in [0.1, 0.15) is 0 Å². The van der Waals surface area contributed by atoms with Gasteiger partial charge in [-0.2, -0.15) is 0 Å². The summed E-state index contributed by atoms with van der Waals surface area (Å²) in [6.45, 7) is 4.33. The van der Waals surface area contributed by atoms with E-state index in [-0.39, 0.29) is 23.5 Å². The van der Waals surface area contributed by atoms with Crippen molar-refractivity contribution >= 4 is 5.91 Å². The fourth-order valence-electron chi connectivity index (χ4n) is 4.39. The molecular formula is C16H27NO3. The Morgan fingerprint density at radius 3 is 2.50 bits per heavy atom. The summed E-state index contributed by atoms with van der Waals surface area (Å²) < 4.78 is 5.77. The molecule has 0 aromatic heterocycles. The molecule has 0 bridgehead atoms. The van der Waals surface area contributed by atoms with E-state index >= 15 is 0 Å². The molecule has 20 heavy (non-hydrogen) atoms. The van der Waals surface area contributed by atoms with Crippen LogP contribution in [0.3, 0.4) is 0 Å². The molecule has 1 spiro atoms. The zero-order valence-electron chi connectivity index (χ0n) is 12.5. The van der Waals surface area contributed by atoms with Crippen LogP contribution in [0.15, 0.2) is 0 Å². The highest BCUT2D eigenvalue weighted by Crippen LogP contribution is 2.51. The van der Waals surface area contributed by atoms with Crippen molar-refractivity contribution < 1.29 is 14.6 Å². The third-order valence-corrected chi connectivity index (χ3v) is 5.82. The number of aliphatic hydroxyl groups is 1. The van der Waals surface area contributed by atoms with Crippen molar-refractivity contribution in [3.05, 3.63) is 0 Å². The van der Waals surface area contributed by atoms with Gasteiger partial charge in [0, 0.05) is 37.5 Å². The molecule has 1 heterocycles. The van der Waals surface area contributed by atoms with Gasteiger partial charge in [0.05, 0.1) is 12.2 Å². The van der Waals surface area contributed by atoms with Gasteiger partial charge in [0.25, 0.3) is 0 Å². The lowest BCUT2D eigenvalue weighted by molar-refractivity contribution is -0.210. The number of rotatable bonds is 3. The zero-order valence-corrected chi connectivity index (χ0v) is 12.5. The van der Waals surface area contributed by atoms with Crippen molar-refractivity contribution in [2.75, 3.05) is 19.7 Å². The standard InChI is InChI=1S/C16H27NO3/c1-2-20-14-11-13(18)16(14)7-9-17(10-8-16)15(19)12-5-3-4-6-12/h12-14,18H,2-11H2,1H3. The number of hydrogen-bond acceptors (Lipinski definition) is 3. The van der Waals surface area contributed by atoms with Crippen LogP contribution in [0.5, 0.6) is 0 Å². The largest absolute Gasteiger partial charge is 0.392 e. The second-order valence-corrected chi connectivity index (χ2v) is 6.74. The molecule has 114 valence electrons. The maximum atomic E-state index is 12.4. The Bertz CT molecular complexity index is 355. The Balaban J connectivity index is 1.57. The lowest BCUT2D eigenvalue weighted by Gasteiger charge is -2.56. The molecule has 2 atom stereocenters. The number of nitrogens with zero attached hydrogens (tertiary/aromatic N) is 1. The molecule has 1 saturated heterocycles. The summed E-state index contributed by atoms with van der Waals surface area (Å²) in [7, 11) is 0. The highest BCUT2D eigenvalue weighted by Gasteiger charge is 2.56. The van der Waals surface area contributed by atoms with Crippen molar-refractivity contribution in [1.29, 1.82) is 0 Å². The van der Waals surface area contributed by atoms with Gasteiger partial charge >= 0.3 is 0 Å². The van der Waals surface area contributed by atoms with Gasteiger partial charge in [-0.1, -0.05) is 12.8 Å². The SMILES string of the molecule is CCOC1CC(O)C12CCN(C(=O)C1CCCC1)CC2. The highest BCUT2D eigenvalue weighted by molar-refractivity contribution is 5.79. The number of carbonyl (C=O) groups is 1. The molecule has 0 aromatic carbocycles. The third-order valence-electron chi connectivity index (χ3n) is 5.82. The Kier molecular flexibility index (Phi) is 4.04. The third kappa shape index (κ3) is 2.27. The summed E-state index contributed by atoms with van der Waals surface area (Å²) >= 11 is 0. The molecule has 4 nitrogen and oxygen atoms in total. The van der Waals surface area contributed by atoms with Gasteiger partial charge in [0.15, 0.2) is 0 Å². The van der Waals surface area contributed by atoms with E-state index in [9.17, 15) is 9.90 Å². The Hall–Kier alpha value is -0.610. The molecular weight excluding hydrogens is 254 g/mol. The van der Waals surface area contributed by atoms with E-state index in [1.54, 1.807) is 0 Å². The summed E-state index contributed by atoms with van der Waals surface area (Å²) in [6, 6.07) is 0. The summed E-state index contributed by atoms with van der Waals surface area (Å²) in [5.41, 5.74) is -0.0670. The second-order valence-electron chi connectivity index (χ2n) is 6.74. The van der Waals surface area contributed by atoms with Crippen molar-refractivity contribution in [3.8, 4) is 0 Å². The first-order valence-electron chi connectivity index (χ1n) is 8.26. The van der Waals surface area contributed by atoms with Gasteiger partial charge < -0.3 is 14.7 Å². The summed E-state index contributed by atoms with van der Waals surface area (Å²) in [5.74, 6) is 0.636. The molecule has 3 fully saturated rings. The first-order valence-corrected chi connectivity index (χ1v) is 8.26. The molecule has 2 saturated carbocycles. The van der Waals surface area contributed by atoms with E-state index in [0.717, 1.165) is 45.2 Å². The van der Waals surface area contributed by atoms with E-state index in [1.807, 2.05) is 11.8 Å². The van der Waals surface area contributed by atoms with Crippen LogP contribution in [-0.4, -0.2) is 47.8 Å². The Morgan fingerprint density at radius 2 is 1.95 bits per heavy atom. The second kappa shape index (κ2) is 5.64. The van der Waals surface area contributed by atoms with Crippen LogP contribution in [0.2, 0.25) is 0 Å². The number of likely N-dealkylation sites (tertiary alicyclic amines) is 1. The molecule has 2 unspecified atom stereocenters. The minimum Gasteiger partial charge on any atom is -0.392 e. The maximum Gasteiger partial charge on any atom is 0.225 e. The molecule has 4 heteroatoms. The Labute approximate surface area is 121 Å². The summed E-state index contributed by atoms with van der Waals surface area (Å²) in [6.07, 6.45) is 7.10. The van der Waals surface area contributed by atoms with E-state index < -0.39 is 0 Å². The molecule has 0 aromatic rings. The first-order chi connectivity index (χ1) is 9.67. The number of aliphatic hydroxyl groups excluding tert-OH is 1. The van der Waals surface area contributed by atoms with Gasteiger partial charge in [0.2, 0.25) is 5.91 Å². The molecule has 2 aliphatic carbocycles. The number of carbonyl (C=O) groups excluding carboxylic acids is 1. The Morgan fingerprint density at radius 1 is 1.30 bits per heavy atom. The van der Waals surface area contributed by atoms with Crippen molar-refractivity contribution in [1.82, 2.24) is 4.90 Å². The summed E-state index contributed by atoms with van der Waals surface area (Å²) in [4.78, 5) is 14.5. The molecule has 0 radical (unpaired) electrons. The smallest absolute Gasteiger partial charge is 0.225 e. The average Bonchev–Trinajstić information content (AvgIpc) is 3.01. The van der Waals surface area contributed by atoms with Crippen LogP contribution in [-0.2, 0) is 9.53 Å². The monoisotopic (exact) mass is 281 g/mol. The zero-order chi connectivity index (χ0) is 14.2. The topological polar surface area (TPSA) is 49.8 Å². The van der Waals surface area contributed by atoms with Crippen LogP contribution in [0.1, 0.15) is 51.9 Å². The van der Waals surface area contributed by atoms with Crippen LogP contribution in [0.25, 0.3) is 0 Å². The highest BCUT2D eigenvalue weighted by atomic mass is 16.5. The van der Waals surface area contributed by atoms with Crippen LogP contribution >= 0.6 is 0 Å². The van der Waals surface area contributed by atoms with Gasteiger partial charge in [-0.3, -0.25) is 4.79 Å². The molecule has 3 rings (SSSR count). The first kappa shape index (κ1) is 14.3. The van der Waals surface area contributed by atoms with E-state index in [2.05, 4.69) is 0 Å². The molecule has 3 aliphatic rings. The predicted octanol–water partition coefficient (Wildman–Crippen LogP) is 1.96. The summed E-state index contributed by atoms with van der Waals surface area (Å²) in [5, 5.41) is 10.2.